The number of carbonyl (C=O) groups excluding carboxylic acids is 1. The van der Waals surface area contributed by atoms with Crippen molar-refractivity contribution in [2.45, 2.75) is 46.3 Å². The second kappa shape index (κ2) is 6.26. The summed E-state index contributed by atoms with van der Waals surface area (Å²) < 4.78 is 1.96. The lowest BCUT2D eigenvalue weighted by Gasteiger charge is -2.17. The number of aliphatic hydroxyl groups excluding tert-OH is 1. The standard InChI is InChI=1S/C14H24N4O2/c1-4-13-12(7-15-18(13)8-10(2)3)16-14(20)17-6-5-11(19)9-17/h7,10-11,19H,4-6,8-9H2,1-3H3,(H,16,20). The van der Waals surface area contributed by atoms with Crippen LogP contribution in [0.1, 0.15) is 32.9 Å². The molecule has 2 N–H and O–H groups in total. The quantitative estimate of drug-likeness (QED) is 0.882. The summed E-state index contributed by atoms with van der Waals surface area (Å²) in [5.41, 5.74) is 1.83. The predicted molar refractivity (Wildman–Crippen MR) is 77.7 cm³/mol. The average Bonchev–Trinajstić information content (AvgIpc) is 2.96. The van der Waals surface area contributed by atoms with Gasteiger partial charge < -0.3 is 15.3 Å². The molecule has 1 unspecified atom stereocenters. The summed E-state index contributed by atoms with van der Waals surface area (Å²) in [5, 5.41) is 16.7. The molecule has 1 fully saturated rings. The van der Waals surface area contributed by atoms with Gasteiger partial charge in [0.15, 0.2) is 0 Å². The number of nitrogens with zero attached hydrogens (tertiary/aromatic N) is 3. The van der Waals surface area contributed by atoms with Crippen molar-refractivity contribution in [3.05, 3.63) is 11.9 Å². The number of likely N-dealkylation sites (tertiary alicyclic amines) is 1. The van der Waals surface area contributed by atoms with E-state index in [-0.39, 0.29) is 6.03 Å². The van der Waals surface area contributed by atoms with Crippen LogP contribution in [-0.4, -0.2) is 45.0 Å². The SMILES string of the molecule is CCc1c(NC(=O)N2CCC(O)C2)cnn1CC(C)C. The van der Waals surface area contributed by atoms with Crippen LogP contribution in [0.4, 0.5) is 10.5 Å². The Morgan fingerprint density at radius 2 is 2.35 bits per heavy atom. The fraction of sp³-hybridized carbons (Fsp3) is 0.714. The van der Waals surface area contributed by atoms with Gasteiger partial charge >= 0.3 is 6.03 Å². The molecule has 112 valence electrons. The summed E-state index contributed by atoms with van der Waals surface area (Å²) in [6.45, 7) is 8.21. The van der Waals surface area contributed by atoms with E-state index in [2.05, 4.69) is 31.2 Å². The zero-order chi connectivity index (χ0) is 14.7. The van der Waals surface area contributed by atoms with Gasteiger partial charge in [-0.15, -0.1) is 0 Å². The Kier molecular flexibility index (Phi) is 4.65. The molecule has 6 nitrogen and oxygen atoms in total. The van der Waals surface area contributed by atoms with E-state index >= 15 is 0 Å². The molecule has 0 radical (unpaired) electrons. The second-order valence-electron chi connectivity index (χ2n) is 5.75. The molecular weight excluding hydrogens is 256 g/mol. The van der Waals surface area contributed by atoms with Crippen LogP contribution >= 0.6 is 0 Å². The number of β-amino-alcohol motifs (C(OH)–C–C–N with tert-alkyl or cyclic N) is 1. The molecule has 0 aliphatic carbocycles. The van der Waals surface area contributed by atoms with E-state index in [1.54, 1.807) is 11.1 Å². The molecule has 1 aromatic rings. The number of rotatable bonds is 4. The van der Waals surface area contributed by atoms with Gasteiger partial charge in [-0.2, -0.15) is 5.10 Å². The normalized spacial score (nSPS) is 18.9. The molecule has 1 saturated heterocycles. The highest BCUT2D eigenvalue weighted by molar-refractivity contribution is 5.90. The third-order valence-electron chi connectivity index (χ3n) is 3.51. The molecule has 1 aliphatic rings. The maximum Gasteiger partial charge on any atom is 0.322 e. The maximum absolute atomic E-state index is 12.1. The molecule has 2 amide bonds. The van der Waals surface area contributed by atoms with Gasteiger partial charge in [0.2, 0.25) is 0 Å². The molecule has 0 saturated carbocycles. The number of aromatic nitrogens is 2. The van der Waals surface area contributed by atoms with Crippen LogP contribution in [0.2, 0.25) is 0 Å². The van der Waals surface area contributed by atoms with Crippen LogP contribution < -0.4 is 5.32 Å². The summed E-state index contributed by atoms with van der Waals surface area (Å²) in [7, 11) is 0. The van der Waals surface area contributed by atoms with Gasteiger partial charge in [0, 0.05) is 19.6 Å². The highest BCUT2D eigenvalue weighted by Crippen LogP contribution is 2.19. The largest absolute Gasteiger partial charge is 0.391 e. The Labute approximate surface area is 119 Å². The van der Waals surface area contributed by atoms with Crippen molar-refractivity contribution in [2.75, 3.05) is 18.4 Å². The lowest BCUT2D eigenvalue weighted by molar-refractivity contribution is 0.176. The Balaban J connectivity index is 2.05. The van der Waals surface area contributed by atoms with Crippen LogP contribution in [0.5, 0.6) is 0 Å². The second-order valence-corrected chi connectivity index (χ2v) is 5.75. The first-order valence-corrected chi connectivity index (χ1v) is 7.30. The highest BCUT2D eigenvalue weighted by Gasteiger charge is 2.25. The molecule has 2 heterocycles. The summed E-state index contributed by atoms with van der Waals surface area (Å²) in [6.07, 6.45) is 2.80. The van der Waals surface area contributed by atoms with E-state index in [9.17, 15) is 9.90 Å². The van der Waals surface area contributed by atoms with Crippen LogP contribution in [0.25, 0.3) is 0 Å². The number of hydrogen-bond acceptors (Lipinski definition) is 3. The van der Waals surface area contributed by atoms with Gasteiger partial charge in [0.25, 0.3) is 0 Å². The minimum absolute atomic E-state index is 0.152. The summed E-state index contributed by atoms with van der Waals surface area (Å²) in [4.78, 5) is 13.8. The number of anilines is 1. The third-order valence-corrected chi connectivity index (χ3v) is 3.51. The molecule has 0 aromatic carbocycles. The first-order chi connectivity index (χ1) is 9.51. The van der Waals surface area contributed by atoms with E-state index < -0.39 is 6.10 Å². The van der Waals surface area contributed by atoms with Crippen LogP contribution in [0.3, 0.4) is 0 Å². The van der Waals surface area contributed by atoms with Crippen LogP contribution in [0.15, 0.2) is 6.20 Å². The number of urea groups is 1. The zero-order valence-electron chi connectivity index (χ0n) is 12.5. The lowest BCUT2D eigenvalue weighted by atomic mass is 10.2. The van der Waals surface area contributed by atoms with E-state index in [1.807, 2.05) is 4.68 Å². The van der Waals surface area contributed by atoms with Gasteiger partial charge in [-0.25, -0.2) is 4.79 Å². The Bertz CT molecular complexity index is 470. The fourth-order valence-electron chi connectivity index (χ4n) is 2.51. The lowest BCUT2D eigenvalue weighted by Crippen LogP contribution is -2.33. The van der Waals surface area contributed by atoms with E-state index in [0.29, 0.717) is 25.4 Å². The molecule has 6 heteroatoms. The van der Waals surface area contributed by atoms with E-state index in [4.69, 9.17) is 0 Å². The van der Waals surface area contributed by atoms with Crippen molar-refractivity contribution >= 4 is 11.7 Å². The molecule has 1 aromatic heterocycles. The molecule has 1 atom stereocenters. The predicted octanol–water partition coefficient (Wildman–Crippen LogP) is 1.70. The minimum atomic E-state index is -0.393. The first kappa shape index (κ1) is 14.8. The summed E-state index contributed by atoms with van der Waals surface area (Å²) in [5.74, 6) is 0.512. The fourth-order valence-corrected chi connectivity index (χ4v) is 2.51. The first-order valence-electron chi connectivity index (χ1n) is 7.30. The van der Waals surface area contributed by atoms with Gasteiger partial charge in [-0.05, 0) is 18.8 Å². The molecule has 1 aliphatic heterocycles. The summed E-state index contributed by atoms with van der Waals surface area (Å²) in [6, 6.07) is -0.152. The molecule has 2 rings (SSSR count). The topological polar surface area (TPSA) is 70.4 Å². The monoisotopic (exact) mass is 280 g/mol. The van der Waals surface area contributed by atoms with Crippen LogP contribution in [0, 0.1) is 5.92 Å². The third kappa shape index (κ3) is 3.30. The van der Waals surface area contributed by atoms with Crippen molar-refractivity contribution in [1.29, 1.82) is 0 Å². The average molecular weight is 280 g/mol. The molecule has 20 heavy (non-hydrogen) atoms. The van der Waals surface area contributed by atoms with E-state index in [1.165, 1.54) is 0 Å². The molecule has 0 spiro atoms. The minimum Gasteiger partial charge on any atom is -0.391 e. The van der Waals surface area contributed by atoms with E-state index in [0.717, 1.165) is 24.3 Å². The van der Waals surface area contributed by atoms with Crippen molar-refractivity contribution < 1.29 is 9.90 Å². The molecular formula is C14H24N4O2. The maximum atomic E-state index is 12.1. The number of nitrogens with one attached hydrogen (secondary N) is 1. The number of amides is 2. The van der Waals surface area contributed by atoms with Crippen LogP contribution in [-0.2, 0) is 13.0 Å². The smallest absolute Gasteiger partial charge is 0.322 e. The van der Waals surface area contributed by atoms with Crippen molar-refractivity contribution in [3.63, 3.8) is 0 Å². The van der Waals surface area contributed by atoms with Crippen molar-refractivity contribution in [2.24, 2.45) is 5.92 Å². The van der Waals surface area contributed by atoms with Gasteiger partial charge in [-0.3, -0.25) is 4.68 Å². The Hall–Kier alpha value is -1.56. The number of hydrogen-bond donors (Lipinski definition) is 2. The molecule has 0 bridgehead atoms. The van der Waals surface area contributed by atoms with Gasteiger partial charge in [0.1, 0.15) is 0 Å². The summed E-state index contributed by atoms with van der Waals surface area (Å²) >= 11 is 0. The highest BCUT2D eigenvalue weighted by atomic mass is 16.3. The Morgan fingerprint density at radius 3 is 2.90 bits per heavy atom. The van der Waals surface area contributed by atoms with Crippen molar-refractivity contribution in [3.8, 4) is 0 Å². The van der Waals surface area contributed by atoms with Gasteiger partial charge in [0.05, 0.1) is 23.7 Å². The van der Waals surface area contributed by atoms with Crippen molar-refractivity contribution in [1.82, 2.24) is 14.7 Å². The Morgan fingerprint density at radius 1 is 1.60 bits per heavy atom. The zero-order valence-corrected chi connectivity index (χ0v) is 12.5. The van der Waals surface area contributed by atoms with Gasteiger partial charge in [-0.1, -0.05) is 20.8 Å². The number of aliphatic hydroxyl groups is 1. The number of carbonyl (C=O) groups is 1.